The Hall–Kier alpha value is -0.970. The molecule has 2 nitrogen and oxygen atoms in total. The lowest BCUT2D eigenvalue weighted by Crippen LogP contribution is -1.93. The van der Waals surface area contributed by atoms with E-state index in [9.17, 15) is 13.2 Å². The summed E-state index contributed by atoms with van der Waals surface area (Å²) in [5.74, 6) is -2.36. The van der Waals surface area contributed by atoms with Crippen molar-refractivity contribution < 1.29 is 18.3 Å². The summed E-state index contributed by atoms with van der Waals surface area (Å²) in [6, 6.07) is 0.656. The van der Waals surface area contributed by atoms with Crippen molar-refractivity contribution in [2.24, 2.45) is 0 Å². The molecule has 0 amide bonds. The van der Waals surface area contributed by atoms with Crippen molar-refractivity contribution in [2.45, 2.75) is 6.43 Å². The standard InChI is InChI=1S/C6H3ClF3NO/c7-3-1-2(8)5(12)4(11-3)6(9)10/h1,6,12H. The van der Waals surface area contributed by atoms with Gasteiger partial charge in [0, 0.05) is 6.07 Å². The van der Waals surface area contributed by atoms with E-state index in [1.807, 2.05) is 0 Å². The van der Waals surface area contributed by atoms with E-state index in [2.05, 4.69) is 4.98 Å². The topological polar surface area (TPSA) is 33.1 Å². The van der Waals surface area contributed by atoms with Crippen LogP contribution in [0.4, 0.5) is 13.2 Å². The quantitative estimate of drug-likeness (QED) is 0.702. The highest BCUT2D eigenvalue weighted by molar-refractivity contribution is 6.29. The summed E-state index contributed by atoms with van der Waals surface area (Å²) in [5.41, 5.74) is -1.04. The Morgan fingerprint density at radius 1 is 1.50 bits per heavy atom. The highest BCUT2D eigenvalue weighted by Crippen LogP contribution is 2.29. The van der Waals surface area contributed by atoms with Gasteiger partial charge in [0.25, 0.3) is 6.43 Å². The lowest BCUT2D eigenvalue weighted by molar-refractivity contribution is 0.140. The molecule has 0 spiro atoms. The van der Waals surface area contributed by atoms with Crippen LogP contribution in [-0.2, 0) is 0 Å². The molecule has 0 bridgehead atoms. The molecule has 1 N–H and O–H groups in total. The first-order valence-electron chi connectivity index (χ1n) is 2.85. The maximum absolute atomic E-state index is 12.5. The van der Waals surface area contributed by atoms with Gasteiger partial charge in [-0.05, 0) is 0 Å². The lowest BCUT2D eigenvalue weighted by atomic mass is 10.3. The first kappa shape index (κ1) is 9.12. The Balaban J connectivity index is 3.28. The molecule has 6 heteroatoms. The summed E-state index contributed by atoms with van der Waals surface area (Å²) in [6.45, 7) is 0. The summed E-state index contributed by atoms with van der Waals surface area (Å²) in [5, 5.41) is 8.30. The van der Waals surface area contributed by atoms with Crippen molar-refractivity contribution in [3.63, 3.8) is 0 Å². The van der Waals surface area contributed by atoms with Crippen molar-refractivity contribution in [3.8, 4) is 5.75 Å². The van der Waals surface area contributed by atoms with Crippen molar-refractivity contribution >= 4 is 11.6 Å². The van der Waals surface area contributed by atoms with Crippen LogP contribution in [0.25, 0.3) is 0 Å². The second-order valence-electron chi connectivity index (χ2n) is 1.96. The largest absolute Gasteiger partial charge is 0.503 e. The normalized spacial score (nSPS) is 10.8. The van der Waals surface area contributed by atoms with Gasteiger partial charge in [-0.25, -0.2) is 18.2 Å². The molecular formula is C6H3ClF3NO. The van der Waals surface area contributed by atoms with Crippen molar-refractivity contribution in [1.29, 1.82) is 0 Å². The Labute approximate surface area is 70.6 Å². The van der Waals surface area contributed by atoms with Gasteiger partial charge in [-0.3, -0.25) is 0 Å². The third kappa shape index (κ3) is 1.61. The number of alkyl halides is 2. The summed E-state index contributed by atoms with van der Waals surface area (Å²) in [4.78, 5) is 3.06. The Bertz CT molecular complexity index is 305. The van der Waals surface area contributed by atoms with Crippen LogP contribution >= 0.6 is 11.6 Å². The third-order valence-corrected chi connectivity index (χ3v) is 1.34. The van der Waals surface area contributed by atoms with E-state index in [0.717, 1.165) is 0 Å². The number of pyridine rings is 1. The van der Waals surface area contributed by atoms with E-state index < -0.39 is 28.8 Å². The second-order valence-corrected chi connectivity index (χ2v) is 2.35. The summed E-state index contributed by atoms with van der Waals surface area (Å²) in [6.07, 6.45) is -3.04. The Morgan fingerprint density at radius 3 is 2.58 bits per heavy atom. The molecule has 0 radical (unpaired) electrons. The van der Waals surface area contributed by atoms with E-state index in [0.29, 0.717) is 6.07 Å². The SMILES string of the molecule is Oc1c(F)cc(Cl)nc1C(F)F. The maximum atomic E-state index is 12.5. The van der Waals surface area contributed by atoms with Crippen molar-refractivity contribution in [1.82, 2.24) is 4.98 Å². The number of halogens is 4. The van der Waals surface area contributed by atoms with Crippen LogP contribution in [0.2, 0.25) is 5.15 Å². The van der Waals surface area contributed by atoms with Crippen LogP contribution in [0.1, 0.15) is 12.1 Å². The molecule has 0 saturated carbocycles. The number of rotatable bonds is 1. The van der Waals surface area contributed by atoms with E-state index in [4.69, 9.17) is 16.7 Å². The zero-order valence-electron chi connectivity index (χ0n) is 5.56. The van der Waals surface area contributed by atoms with Crippen LogP contribution in [0.3, 0.4) is 0 Å². The van der Waals surface area contributed by atoms with Crippen LogP contribution in [0.5, 0.6) is 5.75 Å². The highest BCUT2D eigenvalue weighted by atomic mass is 35.5. The molecule has 66 valence electrons. The molecule has 0 aliphatic carbocycles. The molecule has 0 atom stereocenters. The van der Waals surface area contributed by atoms with Crippen LogP contribution in [0, 0.1) is 5.82 Å². The lowest BCUT2D eigenvalue weighted by Gasteiger charge is -2.02. The van der Waals surface area contributed by atoms with Crippen LogP contribution < -0.4 is 0 Å². The van der Waals surface area contributed by atoms with Crippen LogP contribution in [-0.4, -0.2) is 10.1 Å². The minimum Gasteiger partial charge on any atom is -0.503 e. The molecule has 12 heavy (non-hydrogen) atoms. The van der Waals surface area contributed by atoms with Gasteiger partial charge in [-0.15, -0.1) is 0 Å². The fourth-order valence-corrected chi connectivity index (χ4v) is 0.835. The van der Waals surface area contributed by atoms with Crippen molar-refractivity contribution in [2.75, 3.05) is 0 Å². The predicted octanol–water partition coefficient (Wildman–Crippen LogP) is 2.52. The molecule has 1 heterocycles. The molecule has 0 fully saturated rings. The second kappa shape index (κ2) is 3.18. The third-order valence-electron chi connectivity index (χ3n) is 1.15. The summed E-state index contributed by atoms with van der Waals surface area (Å²) in [7, 11) is 0. The maximum Gasteiger partial charge on any atom is 0.284 e. The molecule has 0 unspecified atom stereocenters. The first-order chi connectivity index (χ1) is 5.52. The van der Waals surface area contributed by atoms with Crippen molar-refractivity contribution in [3.05, 3.63) is 22.7 Å². The minimum absolute atomic E-state index is 0.416. The Morgan fingerprint density at radius 2 is 2.08 bits per heavy atom. The van der Waals surface area contributed by atoms with Gasteiger partial charge in [0.2, 0.25) is 0 Å². The molecule has 0 aromatic carbocycles. The van der Waals surface area contributed by atoms with E-state index in [-0.39, 0.29) is 0 Å². The molecule has 0 aliphatic heterocycles. The smallest absolute Gasteiger partial charge is 0.284 e. The van der Waals surface area contributed by atoms with Gasteiger partial charge in [0.15, 0.2) is 17.3 Å². The summed E-state index contributed by atoms with van der Waals surface area (Å²) < 4.78 is 36.4. The predicted molar refractivity (Wildman–Crippen MR) is 35.8 cm³/mol. The minimum atomic E-state index is -3.04. The molecule has 1 rings (SSSR count). The molecular weight excluding hydrogens is 195 g/mol. The van der Waals surface area contributed by atoms with Gasteiger partial charge in [-0.2, -0.15) is 0 Å². The zero-order valence-corrected chi connectivity index (χ0v) is 6.32. The molecule has 1 aromatic heterocycles. The van der Waals surface area contributed by atoms with Gasteiger partial charge in [0.1, 0.15) is 5.15 Å². The van der Waals surface area contributed by atoms with E-state index in [1.165, 1.54) is 0 Å². The van der Waals surface area contributed by atoms with Gasteiger partial charge < -0.3 is 5.11 Å². The van der Waals surface area contributed by atoms with E-state index >= 15 is 0 Å². The number of aromatic hydroxyl groups is 1. The van der Waals surface area contributed by atoms with Gasteiger partial charge in [0.05, 0.1) is 0 Å². The summed E-state index contributed by atoms with van der Waals surface area (Å²) >= 11 is 5.17. The molecule has 0 aliphatic rings. The molecule has 1 aromatic rings. The van der Waals surface area contributed by atoms with E-state index in [1.54, 1.807) is 0 Å². The average Bonchev–Trinajstić information content (AvgIpc) is 1.96. The fourth-order valence-electron chi connectivity index (χ4n) is 0.648. The van der Waals surface area contributed by atoms with Gasteiger partial charge >= 0.3 is 0 Å². The monoisotopic (exact) mass is 197 g/mol. The highest BCUT2D eigenvalue weighted by Gasteiger charge is 2.18. The van der Waals surface area contributed by atoms with Crippen LogP contribution in [0.15, 0.2) is 6.07 Å². The van der Waals surface area contributed by atoms with Gasteiger partial charge in [-0.1, -0.05) is 11.6 Å². The number of hydrogen-bond donors (Lipinski definition) is 1. The average molecular weight is 198 g/mol. The fraction of sp³-hybridized carbons (Fsp3) is 0.167. The Kier molecular flexibility index (Phi) is 2.42. The number of nitrogens with zero attached hydrogens (tertiary/aromatic N) is 1. The molecule has 0 saturated heterocycles. The zero-order chi connectivity index (χ0) is 9.30. The first-order valence-corrected chi connectivity index (χ1v) is 3.23. The number of hydrogen-bond acceptors (Lipinski definition) is 2. The number of aromatic nitrogens is 1.